The Morgan fingerprint density at radius 3 is 2.61 bits per heavy atom. The van der Waals surface area contributed by atoms with Crippen molar-refractivity contribution in [2.75, 3.05) is 13.1 Å². The van der Waals surface area contributed by atoms with Crippen LogP contribution in [0, 0.1) is 18.8 Å². The number of carbonyl (C=O) groups excluding carboxylic acids is 2. The van der Waals surface area contributed by atoms with E-state index < -0.39 is 6.10 Å². The molecule has 2 aliphatic rings. The average Bonchev–Trinajstić information content (AvgIpc) is 3.65. The van der Waals surface area contributed by atoms with Crippen molar-refractivity contribution in [2.24, 2.45) is 11.8 Å². The third-order valence-electron chi connectivity index (χ3n) is 6.54. The summed E-state index contributed by atoms with van der Waals surface area (Å²) in [4.78, 5) is 27.9. The Hall–Kier alpha value is -2.82. The maximum atomic E-state index is 13.2. The number of amides is 2. The number of hydrogen-bond acceptors (Lipinski definition) is 3. The number of carbonyl (C=O) groups is 2. The minimum absolute atomic E-state index is 0.0790. The molecule has 176 valence electrons. The van der Waals surface area contributed by atoms with E-state index >= 15 is 0 Å². The molecule has 2 aromatic carbocycles. The lowest BCUT2D eigenvalue weighted by molar-refractivity contribution is -0.134. The van der Waals surface area contributed by atoms with E-state index in [1.165, 1.54) is 11.1 Å². The zero-order chi connectivity index (χ0) is 23.5. The van der Waals surface area contributed by atoms with Gasteiger partial charge in [-0.3, -0.25) is 9.59 Å². The smallest absolute Gasteiger partial charge is 0.261 e. The summed E-state index contributed by atoms with van der Waals surface area (Å²) in [6, 6.07) is 14.4. The summed E-state index contributed by atoms with van der Waals surface area (Å²) in [5.74, 6) is 1.43. The second kappa shape index (κ2) is 9.98. The van der Waals surface area contributed by atoms with Gasteiger partial charge >= 0.3 is 0 Å². The molecule has 2 amide bonds. The number of fused-ring (bicyclic) bond motifs is 1. The zero-order valence-corrected chi connectivity index (χ0v) is 20.3. The van der Waals surface area contributed by atoms with Crippen LogP contribution in [0.1, 0.15) is 68.3 Å². The topological polar surface area (TPSA) is 58.6 Å². The molecule has 5 nitrogen and oxygen atoms in total. The number of nitrogens with one attached hydrogen (secondary N) is 1. The minimum atomic E-state index is -0.535. The number of ether oxygens (including phenoxy) is 1. The van der Waals surface area contributed by atoms with Gasteiger partial charge in [-0.2, -0.15) is 0 Å². The van der Waals surface area contributed by atoms with Crippen LogP contribution >= 0.6 is 0 Å². The molecule has 4 rings (SSSR count). The molecule has 1 aliphatic carbocycles. The minimum Gasteiger partial charge on any atom is -0.481 e. The molecule has 0 saturated heterocycles. The van der Waals surface area contributed by atoms with E-state index in [1.807, 2.05) is 19.1 Å². The monoisotopic (exact) mass is 448 g/mol. The van der Waals surface area contributed by atoms with Gasteiger partial charge in [0, 0.05) is 19.0 Å². The van der Waals surface area contributed by atoms with Gasteiger partial charge in [0.05, 0.1) is 6.04 Å². The van der Waals surface area contributed by atoms with Crippen LogP contribution in [-0.4, -0.2) is 35.9 Å². The summed E-state index contributed by atoms with van der Waals surface area (Å²) in [7, 11) is 0. The summed E-state index contributed by atoms with van der Waals surface area (Å²) < 4.78 is 6.17. The molecule has 1 heterocycles. The molecular weight excluding hydrogens is 412 g/mol. The van der Waals surface area contributed by atoms with Crippen LogP contribution in [0.25, 0.3) is 0 Å². The molecule has 0 radical (unpaired) electrons. The lowest BCUT2D eigenvalue weighted by Crippen LogP contribution is -2.41. The molecule has 0 spiro atoms. The SMILES string of the molecule is CC[C@@H](Oc1ccc2c(c1)[C@@H](c1cccc(C)c1)N(C(=O)C1CC1)CC2)C(=O)NCC(C)C. The molecule has 1 aliphatic heterocycles. The largest absolute Gasteiger partial charge is 0.481 e. The standard InChI is InChI=1S/C28H36N2O3/c1-5-25(27(31)29-17-18(2)3)33-23-12-11-20-13-14-30(28(32)21-9-10-21)26(24(20)16-23)22-8-6-7-19(4)15-22/h6-8,11-12,15-16,18,21,25-26H,5,9-10,13-14,17H2,1-4H3,(H,29,31)/t25-,26-/m1/s1. The lowest BCUT2D eigenvalue weighted by Gasteiger charge is -2.38. The highest BCUT2D eigenvalue weighted by molar-refractivity contribution is 5.82. The fourth-order valence-corrected chi connectivity index (χ4v) is 4.57. The fraction of sp³-hybridized carbons (Fsp3) is 0.500. The van der Waals surface area contributed by atoms with Gasteiger partial charge in [0.25, 0.3) is 5.91 Å². The van der Waals surface area contributed by atoms with Crippen molar-refractivity contribution in [3.63, 3.8) is 0 Å². The number of rotatable bonds is 8. The average molecular weight is 449 g/mol. The van der Waals surface area contributed by atoms with Crippen LogP contribution in [0.4, 0.5) is 0 Å². The van der Waals surface area contributed by atoms with Gasteiger partial charge in [0.1, 0.15) is 5.75 Å². The van der Waals surface area contributed by atoms with E-state index in [0.717, 1.165) is 36.9 Å². The second-order valence-electron chi connectivity index (χ2n) is 9.89. The van der Waals surface area contributed by atoms with Gasteiger partial charge in [0.2, 0.25) is 5.91 Å². The van der Waals surface area contributed by atoms with Crippen LogP contribution < -0.4 is 10.1 Å². The third-order valence-corrected chi connectivity index (χ3v) is 6.54. The Bertz CT molecular complexity index is 1010. The Morgan fingerprint density at radius 2 is 1.94 bits per heavy atom. The number of benzene rings is 2. The summed E-state index contributed by atoms with van der Waals surface area (Å²) in [6.45, 7) is 9.56. The van der Waals surface area contributed by atoms with Gasteiger partial charge in [-0.15, -0.1) is 0 Å². The lowest BCUT2D eigenvalue weighted by atomic mass is 9.87. The predicted octanol–water partition coefficient (Wildman–Crippen LogP) is 4.81. The van der Waals surface area contributed by atoms with Crippen molar-refractivity contribution < 1.29 is 14.3 Å². The molecule has 0 aromatic heterocycles. The summed E-state index contributed by atoms with van der Waals surface area (Å²) in [5.41, 5.74) is 4.66. The quantitative estimate of drug-likeness (QED) is 0.631. The summed E-state index contributed by atoms with van der Waals surface area (Å²) >= 11 is 0. The van der Waals surface area contributed by atoms with Crippen molar-refractivity contribution in [3.05, 3.63) is 64.7 Å². The second-order valence-corrected chi connectivity index (χ2v) is 9.89. The van der Waals surface area contributed by atoms with E-state index in [1.54, 1.807) is 0 Å². The zero-order valence-electron chi connectivity index (χ0n) is 20.3. The summed E-state index contributed by atoms with van der Waals surface area (Å²) in [6.07, 6.45) is 2.88. The Labute approximate surface area is 197 Å². The highest BCUT2D eigenvalue weighted by Crippen LogP contribution is 2.41. The van der Waals surface area contributed by atoms with E-state index in [-0.39, 0.29) is 23.8 Å². The van der Waals surface area contributed by atoms with Gasteiger partial charge in [-0.25, -0.2) is 0 Å². The third kappa shape index (κ3) is 5.40. The maximum Gasteiger partial charge on any atom is 0.261 e. The van der Waals surface area contributed by atoms with Crippen LogP contribution in [0.2, 0.25) is 0 Å². The van der Waals surface area contributed by atoms with E-state index in [4.69, 9.17) is 4.74 Å². The van der Waals surface area contributed by atoms with Crippen LogP contribution in [-0.2, 0) is 16.0 Å². The molecule has 2 aromatic rings. The molecular formula is C28H36N2O3. The molecule has 2 atom stereocenters. The first-order chi connectivity index (χ1) is 15.9. The molecule has 1 N–H and O–H groups in total. The van der Waals surface area contributed by atoms with E-state index in [2.05, 4.69) is 61.3 Å². The number of aryl methyl sites for hydroxylation is 1. The molecule has 5 heteroatoms. The summed E-state index contributed by atoms with van der Waals surface area (Å²) in [5, 5.41) is 2.98. The molecule has 0 unspecified atom stereocenters. The Morgan fingerprint density at radius 1 is 1.15 bits per heavy atom. The Kier molecular flexibility index (Phi) is 7.06. The van der Waals surface area contributed by atoms with Crippen molar-refractivity contribution in [3.8, 4) is 5.75 Å². The van der Waals surface area contributed by atoms with E-state index in [9.17, 15) is 9.59 Å². The van der Waals surface area contributed by atoms with Crippen molar-refractivity contribution in [1.82, 2.24) is 10.2 Å². The van der Waals surface area contributed by atoms with Gasteiger partial charge in [0.15, 0.2) is 6.10 Å². The first-order valence-electron chi connectivity index (χ1n) is 12.3. The van der Waals surface area contributed by atoms with Crippen molar-refractivity contribution >= 4 is 11.8 Å². The maximum absolute atomic E-state index is 13.2. The highest BCUT2D eigenvalue weighted by atomic mass is 16.5. The molecule has 1 saturated carbocycles. The van der Waals surface area contributed by atoms with Crippen molar-refractivity contribution in [1.29, 1.82) is 0 Å². The van der Waals surface area contributed by atoms with Gasteiger partial charge in [-0.1, -0.05) is 56.7 Å². The highest BCUT2D eigenvalue weighted by Gasteiger charge is 2.39. The fourth-order valence-electron chi connectivity index (χ4n) is 4.57. The molecule has 1 fully saturated rings. The number of hydrogen-bond donors (Lipinski definition) is 1. The predicted molar refractivity (Wildman–Crippen MR) is 130 cm³/mol. The molecule has 0 bridgehead atoms. The first kappa shape index (κ1) is 23.3. The Balaban J connectivity index is 1.64. The number of nitrogens with zero attached hydrogens (tertiary/aromatic N) is 1. The van der Waals surface area contributed by atoms with Crippen LogP contribution in [0.3, 0.4) is 0 Å². The molecule has 33 heavy (non-hydrogen) atoms. The first-order valence-corrected chi connectivity index (χ1v) is 12.3. The van der Waals surface area contributed by atoms with Crippen LogP contribution in [0.15, 0.2) is 42.5 Å². The van der Waals surface area contributed by atoms with Crippen molar-refractivity contribution in [2.45, 2.75) is 65.5 Å². The van der Waals surface area contributed by atoms with Crippen LogP contribution in [0.5, 0.6) is 5.75 Å². The normalized spacial score (nSPS) is 18.6. The van der Waals surface area contributed by atoms with Gasteiger partial charge in [-0.05, 0) is 67.3 Å². The van der Waals surface area contributed by atoms with E-state index in [0.29, 0.717) is 24.6 Å². The van der Waals surface area contributed by atoms with Gasteiger partial charge < -0.3 is 15.0 Å².